The van der Waals surface area contributed by atoms with Gasteiger partial charge in [0, 0.05) is 11.7 Å². The summed E-state index contributed by atoms with van der Waals surface area (Å²) in [5, 5.41) is 2.92. The van der Waals surface area contributed by atoms with E-state index in [0.29, 0.717) is 0 Å². The fraction of sp³-hybridized carbons (Fsp3) is 0.533. The van der Waals surface area contributed by atoms with Crippen molar-refractivity contribution in [2.45, 2.75) is 51.5 Å². The van der Waals surface area contributed by atoms with E-state index >= 15 is 0 Å². The fourth-order valence-electron chi connectivity index (χ4n) is 2.41. The van der Waals surface area contributed by atoms with Gasteiger partial charge in [-0.15, -0.1) is 0 Å². The van der Waals surface area contributed by atoms with Crippen molar-refractivity contribution in [1.82, 2.24) is 0 Å². The van der Waals surface area contributed by atoms with Crippen LogP contribution in [0.1, 0.15) is 57.2 Å². The van der Waals surface area contributed by atoms with E-state index in [-0.39, 0.29) is 11.9 Å². The van der Waals surface area contributed by atoms with Crippen molar-refractivity contribution in [1.29, 1.82) is 0 Å². The predicted molar refractivity (Wildman–Crippen MR) is 74.6 cm³/mol. The van der Waals surface area contributed by atoms with Crippen LogP contribution in [0.5, 0.6) is 0 Å². The molecular weight excluding hydrogens is 224 g/mol. The summed E-state index contributed by atoms with van der Waals surface area (Å²) in [6.07, 6.45) is 3.29. The van der Waals surface area contributed by atoms with Crippen LogP contribution in [0.15, 0.2) is 18.2 Å². The van der Waals surface area contributed by atoms with Gasteiger partial charge >= 0.3 is 0 Å². The Kier molecular flexibility index (Phi) is 3.44. The average molecular weight is 246 g/mol. The summed E-state index contributed by atoms with van der Waals surface area (Å²) in [5.41, 5.74) is 8.87. The van der Waals surface area contributed by atoms with Gasteiger partial charge in [-0.25, -0.2) is 0 Å². The van der Waals surface area contributed by atoms with Gasteiger partial charge < -0.3 is 11.1 Å². The Morgan fingerprint density at radius 3 is 2.78 bits per heavy atom. The van der Waals surface area contributed by atoms with Crippen molar-refractivity contribution in [3.05, 3.63) is 29.3 Å². The molecule has 18 heavy (non-hydrogen) atoms. The van der Waals surface area contributed by atoms with Gasteiger partial charge in [0.1, 0.15) is 0 Å². The Bertz CT molecular complexity index is 466. The smallest absolute Gasteiger partial charge is 0.234 e. The third-order valence-electron chi connectivity index (χ3n) is 3.83. The lowest BCUT2D eigenvalue weighted by molar-refractivity contribution is -0.119. The number of rotatable bonds is 4. The number of fused-ring (bicyclic) bond motifs is 1. The van der Waals surface area contributed by atoms with Crippen LogP contribution in [0.2, 0.25) is 0 Å². The zero-order valence-corrected chi connectivity index (χ0v) is 11.4. The first-order valence-electron chi connectivity index (χ1n) is 6.68. The van der Waals surface area contributed by atoms with Crippen molar-refractivity contribution in [2.75, 3.05) is 5.32 Å². The molecule has 98 valence electrons. The molecule has 0 aliphatic carbocycles. The van der Waals surface area contributed by atoms with Crippen LogP contribution < -0.4 is 11.1 Å². The molecule has 1 aromatic rings. The minimum atomic E-state index is -0.449. The highest BCUT2D eigenvalue weighted by Crippen LogP contribution is 2.38. The second-order valence-corrected chi connectivity index (χ2v) is 5.63. The number of carbonyl (C=O) groups excluding carboxylic acids is 1. The standard InChI is InChI=1S/C15H22N2O/c1-4-5-6-12(16)10-7-8-13-11(9-10)15(2,3)14(18)17-13/h7-9,12H,4-6,16H2,1-3H3,(H,17,18). The summed E-state index contributed by atoms with van der Waals surface area (Å²) in [6.45, 7) is 6.08. The number of benzene rings is 1. The van der Waals surface area contributed by atoms with E-state index in [1.165, 1.54) is 0 Å². The van der Waals surface area contributed by atoms with E-state index in [0.717, 1.165) is 36.1 Å². The number of hydrogen-bond donors (Lipinski definition) is 2. The van der Waals surface area contributed by atoms with Gasteiger partial charge in [0.2, 0.25) is 5.91 Å². The SMILES string of the molecule is CCCCC(N)c1ccc2c(c1)C(C)(C)C(=O)N2. The van der Waals surface area contributed by atoms with Crippen LogP contribution in [0.4, 0.5) is 5.69 Å². The molecule has 0 saturated heterocycles. The van der Waals surface area contributed by atoms with Gasteiger partial charge in [-0.3, -0.25) is 4.79 Å². The Morgan fingerprint density at radius 1 is 1.39 bits per heavy atom. The second kappa shape index (κ2) is 4.73. The summed E-state index contributed by atoms with van der Waals surface area (Å²) in [5.74, 6) is 0.0665. The predicted octanol–water partition coefficient (Wildman–Crippen LogP) is 3.11. The molecule has 0 saturated carbocycles. The highest BCUT2D eigenvalue weighted by Gasteiger charge is 2.38. The van der Waals surface area contributed by atoms with Gasteiger partial charge in [-0.05, 0) is 37.5 Å². The molecule has 0 radical (unpaired) electrons. The summed E-state index contributed by atoms with van der Waals surface area (Å²) >= 11 is 0. The fourth-order valence-corrected chi connectivity index (χ4v) is 2.41. The van der Waals surface area contributed by atoms with E-state index in [4.69, 9.17) is 5.73 Å². The molecule has 1 amide bonds. The number of nitrogens with two attached hydrogens (primary N) is 1. The molecule has 1 heterocycles. The molecule has 0 spiro atoms. The molecule has 3 heteroatoms. The van der Waals surface area contributed by atoms with Crippen molar-refractivity contribution in [3.63, 3.8) is 0 Å². The third-order valence-corrected chi connectivity index (χ3v) is 3.83. The van der Waals surface area contributed by atoms with E-state index < -0.39 is 5.41 Å². The molecule has 1 aliphatic heterocycles. The zero-order chi connectivity index (χ0) is 13.3. The van der Waals surface area contributed by atoms with Gasteiger partial charge in [0.05, 0.1) is 5.41 Å². The monoisotopic (exact) mass is 246 g/mol. The summed E-state index contributed by atoms with van der Waals surface area (Å²) in [7, 11) is 0. The van der Waals surface area contributed by atoms with Crippen molar-refractivity contribution >= 4 is 11.6 Å². The van der Waals surface area contributed by atoms with E-state index in [1.807, 2.05) is 26.0 Å². The molecule has 1 unspecified atom stereocenters. The largest absolute Gasteiger partial charge is 0.325 e. The average Bonchev–Trinajstić information content (AvgIpc) is 2.57. The van der Waals surface area contributed by atoms with Crippen LogP contribution in [0, 0.1) is 0 Å². The molecule has 1 aliphatic rings. The Morgan fingerprint density at radius 2 is 2.11 bits per heavy atom. The molecule has 1 atom stereocenters. The number of nitrogens with one attached hydrogen (secondary N) is 1. The summed E-state index contributed by atoms with van der Waals surface area (Å²) < 4.78 is 0. The number of amides is 1. The molecule has 1 aromatic carbocycles. The molecule has 3 nitrogen and oxygen atoms in total. The van der Waals surface area contributed by atoms with Crippen molar-refractivity contribution in [2.24, 2.45) is 5.73 Å². The van der Waals surface area contributed by atoms with Crippen LogP contribution in [0.3, 0.4) is 0 Å². The normalized spacial score (nSPS) is 18.3. The van der Waals surface area contributed by atoms with Crippen LogP contribution in [0.25, 0.3) is 0 Å². The molecular formula is C15H22N2O. The molecule has 3 N–H and O–H groups in total. The Labute approximate surface area is 109 Å². The lowest BCUT2D eigenvalue weighted by Crippen LogP contribution is -2.27. The third kappa shape index (κ3) is 2.15. The number of carbonyl (C=O) groups is 1. The topological polar surface area (TPSA) is 55.1 Å². The van der Waals surface area contributed by atoms with Crippen LogP contribution in [-0.2, 0) is 10.2 Å². The minimum Gasteiger partial charge on any atom is -0.325 e. The van der Waals surface area contributed by atoms with E-state index in [1.54, 1.807) is 0 Å². The van der Waals surface area contributed by atoms with Crippen molar-refractivity contribution in [3.8, 4) is 0 Å². The lowest BCUT2D eigenvalue weighted by atomic mass is 9.84. The maximum absolute atomic E-state index is 11.9. The minimum absolute atomic E-state index is 0.0665. The molecule has 0 fully saturated rings. The maximum atomic E-state index is 11.9. The first-order chi connectivity index (χ1) is 8.46. The summed E-state index contributed by atoms with van der Waals surface area (Å²) in [4.78, 5) is 11.9. The maximum Gasteiger partial charge on any atom is 0.234 e. The Balaban J connectivity index is 2.28. The van der Waals surface area contributed by atoms with Crippen LogP contribution >= 0.6 is 0 Å². The van der Waals surface area contributed by atoms with E-state index in [9.17, 15) is 4.79 Å². The molecule has 0 bridgehead atoms. The first-order valence-corrected chi connectivity index (χ1v) is 6.68. The number of hydrogen-bond acceptors (Lipinski definition) is 2. The first kappa shape index (κ1) is 13.1. The quantitative estimate of drug-likeness (QED) is 0.857. The highest BCUT2D eigenvalue weighted by atomic mass is 16.2. The number of anilines is 1. The van der Waals surface area contributed by atoms with E-state index in [2.05, 4.69) is 18.3 Å². The highest BCUT2D eigenvalue weighted by molar-refractivity contribution is 6.05. The van der Waals surface area contributed by atoms with Gasteiger partial charge in [-0.2, -0.15) is 0 Å². The van der Waals surface area contributed by atoms with Crippen LogP contribution in [-0.4, -0.2) is 5.91 Å². The lowest BCUT2D eigenvalue weighted by Gasteiger charge is -2.18. The summed E-state index contributed by atoms with van der Waals surface area (Å²) in [6, 6.07) is 6.17. The second-order valence-electron chi connectivity index (χ2n) is 5.63. The van der Waals surface area contributed by atoms with Gasteiger partial charge in [0.15, 0.2) is 0 Å². The van der Waals surface area contributed by atoms with Gasteiger partial charge in [0.25, 0.3) is 0 Å². The van der Waals surface area contributed by atoms with Gasteiger partial charge in [-0.1, -0.05) is 31.9 Å². The zero-order valence-electron chi connectivity index (χ0n) is 11.4. The molecule has 0 aromatic heterocycles. The Hall–Kier alpha value is -1.35. The van der Waals surface area contributed by atoms with Crippen molar-refractivity contribution < 1.29 is 4.79 Å². The molecule has 2 rings (SSSR count). The number of unbranched alkanes of at least 4 members (excludes halogenated alkanes) is 1.